The normalized spacial score (nSPS) is 18.9. The average Bonchev–Trinajstić information content (AvgIpc) is 2.81. The monoisotopic (exact) mass is 270 g/mol. The quantitative estimate of drug-likeness (QED) is 0.881. The van der Waals surface area contributed by atoms with Crippen molar-refractivity contribution in [1.29, 1.82) is 0 Å². The number of hydrogen-bond donors (Lipinski definition) is 2. The van der Waals surface area contributed by atoms with E-state index >= 15 is 0 Å². The van der Waals surface area contributed by atoms with Crippen LogP contribution in [0.1, 0.15) is 23.2 Å². The molecule has 1 aliphatic rings. The largest absolute Gasteiger partial charge is 0.352 e. The summed E-state index contributed by atoms with van der Waals surface area (Å²) in [6.07, 6.45) is 2.12. The summed E-state index contributed by atoms with van der Waals surface area (Å²) in [5.74, 6) is -0.0477. The van der Waals surface area contributed by atoms with Gasteiger partial charge < -0.3 is 10.6 Å². The number of benzene rings is 1. The first-order chi connectivity index (χ1) is 8.66. The van der Waals surface area contributed by atoms with Gasteiger partial charge >= 0.3 is 0 Å². The van der Waals surface area contributed by atoms with Crippen LogP contribution in [0.25, 0.3) is 0 Å². The van der Waals surface area contributed by atoms with Gasteiger partial charge in [0.2, 0.25) is 0 Å². The first kappa shape index (κ1) is 13.3. The fourth-order valence-corrected chi connectivity index (χ4v) is 2.37. The third-order valence-corrected chi connectivity index (χ3v) is 3.49. The highest BCUT2D eigenvalue weighted by Crippen LogP contribution is 2.17. The van der Waals surface area contributed by atoms with E-state index < -0.39 is 5.82 Å². The fraction of sp³-hybridized carbons (Fsp3) is 0.462. The molecule has 1 fully saturated rings. The molecule has 18 heavy (non-hydrogen) atoms. The number of nitrogens with one attached hydrogen (secondary N) is 2. The van der Waals surface area contributed by atoms with Crippen LogP contribution >= 0.6 is 11.6 Å². The lowest BCUT2D eigenvalue weighted by molar-refractivity contribution is 0.0952. The lowest BCUT2D eigenvalue weighted by atomic mass is 10.1. The number of rotatable bonds is 4. The Kier molecular flexibility index (Phi) is 4.55. The summed E-state index contributed by atoms with van der Waals surface area (Å²) < 4.78 is 12.8. The van der Waals surface area contributed by atoms with Gasteiger partial charge in [0.1, 0.15) is 5.82 Å². The number of carbonyl (C=O) groups is 1. The van der Waals surface area contributed by atoms with Crippen LogP contribution in [0, 0.1) is 11.7 Å². The number of amides is 1. The van der Waals surface area contributed by atoms with Crippen LogP contribution in [0.4, 0.5) is 4.39 Å². The van der Waals surface area contributed by atoms with Crippen molar-refractivity contribution in [1.82, 2.24) is 10.6 Å². The van der Waals surface area contributed by atoms with Gasteiger partial charge in [-0.2, -0.15) is 0 Å². The van der Waals surface area contributed by atoms with E-state index in [1.54, 1.807) is 0 Å². The van der Waals surface area contributed by atoms with E-state index in [0.717, 1.165) is 32.0 Å². The van der Waals surface area contributed by atoms with Gasteiger partial charge in [0, 0.05) is 6.54 Å². The smallest absolute Gasteiger partial charge is 0.252 e. The lowest BCUT2D eigenvalue weighted by Crippen LogP contribution is -2.26. The SMILES string of the molecule is O=C(NCCC1CCNC1)c1ccc(F)cc1Cl. The number of hydrogen-bond acceptors (Lipinski definition) is 2. The number of carbonyl (C=O) groups excluding carboxylic acids is 1. The second-order valence-electron chi connectivity index (χ2n) is 4.53. The molecule has 98 valence electrons. The molecule has 2 rings (SSSR count). The highest BCUT2D eigenvalue weighted by atomic mass is 35.5. The van der Waals surface area contributed by atoms with E-state index in [0.29, 0.717) is 18.0 Å². The molecule has 1 aliphatic heterocycles. The first-order valence-corrected chi connectivity index (χ1v) is 6.48. The summed E-state index contributed by atoms with van der Waals surface area (Å²) in [7, 11) is 0. The Morgan fingerprint density at radius 3 is 3.06 bits per heavy atom. The molecule has 0 bridgehead atoms. The minimum atomic E-state index is -0.436. The molecule has 1 aromatic rings. The molecule has 3 nitrogen and oxygen atoms in total. The molecule has 0 radical (unpaired) electrons. The topological polar surface area (TPSA) is 41.1 Å². The zero-order chi connectivity index (χ0) is 13.0. The Morgan fingerprint density at radius 1 is 1.56 bits per heavy atom. The van der Waals surface area contributed by atoms with Gasteiger partial charge in [-0.25, -0.2) is 4.39 Å². The van der Waals surface area contributed by atoms with Crippen molar-refractivity contribution in [3.8, 4) is 0 Å². The molecular weight excluding hydrogens is 255 g/mol. The summed E-state index contributed by atoms with van der Waals surface area (Å²) in [4.78, 5) is 11.8. The van der Waals surface area contributed by atoms with E-state index in [2.05, 4.69) is 10.6 Å². The molecule has 2 N–H and O–H groups in total. The van der Waals surface area contributed by atoms with E-state index in [9.17, 15) is 9.18 Å². The van der Waals surface area contributed by atoms with Crippen LogP contribution in [-0.2, 0) is 0 Å². The van der Waals surface area contributed by atoms with E-state index in [-0.39, 0.29) is 10.9 Å². The fourth-order valence-electron chi connectivity index (χ4n) is 2.12. The molecule has 0 spiro atoms. The van der Waals surface area contributed by atoms with Gasteiger partial charge in [0.25, 0.3) is 5.91 Å². The van der Waals surface area contributed by atoms with Crippen molar-refractivity contribution in [2.75, 3.05) is 19.6 Å². The second kappa shape index (κ2) is 6.16. The summed E-state index contributed by atoms with van der Waals surface area (Å²) in [5, 5.41) is 6.24. The highest BCUT2D eigenvalue weighted by Gasteiger charge is 2.15. The Balaban J connectivity index is 1.83. The summed E-state index contributed by atoms with van der Waals surface area (Å²) >= 11 is 5.82. The van der Waals surface area contributed by atoms with Crippen molar-refractivity contribution >= 4 is 17.5 Å². The van der Waals surface area contributed by atoms with Crippen LogP contribution in [-0.4, -0.2) is 25.5 Å². The molecule has 0 aromatic heterocycles. The number of halogens is 2. The van der Waals surface area contributed by atoms with Gasteiger partial charge in [-0.05, 0) is 50.0 Å². The Bertz CT molecular complexity index is 433. The van der Waals surface area contributed by atoms with Crippen molar-refractivity contribution < 1.29 is 9.18 Å². The maximum absolute atomic E-state index is 12.8. The van der Waals surface area contributed by atoms with Crippen LogP contribution in [0.15, 0.2) is 18.2 Å². The third kappa shape index (κ3) is 3.43. The highest BCUT2D eigenvalue weighted by molar-refractivity contribution is 6.33. The lowest BCUT2D eigenvalue weighted by Gasteiger charge is -2.10. The Hall–Kier alpha value is -1.13. The predicted octanol–water partition coefficient (Wildman–Crippen LogP) is 2.21. The average molecular weight is 271 g/mol. The van der Waals surface area contributed by atoms with Crippen LogP contribution in [0.2, 0.25) is 5.02 Å². The molecule has 1 heterocycles. The molecular formula is C13H16ClFN2O. The maximum atomic E-state index is 12.8. The second-order valence-corrected chi connectivity index (χ2v) is 4.93. The van der Waals surface area contributed by atoms with Crippen molar-refractivity contribution in [2.45, 2.75) is 12.8 Å². The van der Waals surface area contributed by atoms with E-state index in [4.69, 9.17) is 11.6 Å². The zero-order valence-electron chi connectivity index (χ0n) is 10.0. The molecule has 1 saturated heterocycles. The molecule has 1 atom stereocenters. The predicted molar refractivity (Wildman–Crippen MR) is 69.3 cm³/mol. The molecule has 0 saturated carbocycles. The summed E-state index contributed by atoms with van der Waals surface area (Å²) in [6.45, 7) is 2.70. The van der Waals surface area contributed by atoms with Crippen LogP contribution in [0.3, 0.4) is 0 Å². The Morgan fingerprint density at radius 2 is 2.39 bits per heavy atom. The van der Waals surface area contributed by atoms with Crippen molar-refractivity contribution in [3.05, 3.63) is 34.6 Å². The molecule has 1 amide bonds. The Labute approximate surface area is 111 Å². The summed E-state index contributed by atoms with van der Waals surface area (Å²) in [5.41, 5.74) is 0.322. The summed E-state index contributed by atoms with van der Waals surface area (Å²) in [6, 6.07) is 3.79. The van der Waals surface area contributed by atoms with Gasteiger partial charge in [-0.15, -0.1) is 0 Å². The van der Waals surface area contributed by atoms with Gasteiger partial charge in [0.05, 0.1) is 10.6 Å². The first-order valence-electron chi connectivity index (χ1n) is 6.11. The zero-order valence-corrected chi connectivity index (χ0v) is 10.8. The molecule has 0 aliphatic carbocycles. The van der Waals surface area contributed by atoms with Crippen molar-refractivity contribution in [2.24, 2.45) is 5.92 Å². The molecule has 5 heteroatoms. The third-order valence-electron chi connectivity index (χ3n) is 3.18. The standard InChI is InChI=1S/C13H16ClFN2O/c14-12-7-10(15)1-2-11(12)13(18)17-6-4-9-3-5-16-8-9/h1-2,7,9,16H,3-6,8H2,(H,17,18). The van der Waals surface area contributed by atoms with Crippen LogP contribution < -0.4 is 10.6 Å². The van der Waals surface area contributed by atoms with Crippen LogP contribution in [0.5, 0.6) is 0 Å². The molecule has 1 aromatic carbocycles. The van der Waals surface area contributed by atoms with Crippen molar-refractivity contribution in [3.63, 3.8) is 0 Å². The van der Waals surface area contributed by atoms with Gasteiger partial charge in [-0.3, -0.25) is 4.79 Å². The molecule has 1 unspecified atom stereocenters. The van der Waals surface area contributed by atoms with Gasteiger partial charge in [0.15, 0.2) is 0 Å². The minimum absolute atomic E-state index is 0.148. The van der Waals surface area contributed by atoms with E-state index in [1.165, 1.54) is 12.1 Å². The van der Waals surface area contributed by atoms with Gasteiger partial charge in [-0.1, -0.05) is 11.6 Å². The maximum Gasteiger partial charge on any atom is 0.252 e. The van der Waals surface area contributed by atoms with E-state index in [1.807, 2.05) is 0 Å². The minimum Gasteiger partial charge on any atom is -0.352 e.